The molecule has 0 aliphatic heterocycles. The molecule has 0 bridgehead atoms. The molecule has 0 radical (unpaired) electrons. The van der Waals surface area contributed by atoms with E-state index < -0.39 is 0 Å². The van der Waals surface area contributed by atoms with Crippen LogP contribution in [0.1, 0.15) is 26.7 Å². The summed E-state index contributed by atoms with van der Waals surface area (Å²) in [7, 11) is 3.74. The zero-order chi connectivity index (χ0) is 8.69. The van der Waals surface area contributed by atoms with Gasteiger partial charge < -0.3 is 5.32 Å². The first-order valence-electron chi connectivity index (χ1n) is 4.09. The molecule has 11 heavy (non-hydrogen) atoms. The molecule has 0 unspecified atom stereocenters. The van der Waals surface area contributed by atoms with Gasteiger partial charge in [-0.25, -0.2) is 0 Å². The molecule has 0 fully saturated rings. The second-order valence-electron chi connectivity index (χ2n) is 2.34. The highest BCUT2D eigenvalue weighted by molar-refractivity contribution is 8.14. The number of amidine groups is 1. The fourth-order valence-corrected chi connectivity index (χ4v) is 1.71. The summed E-state index contributed by atoms with van der Waals surface area (Å²) in [5, 5.41) is 4.81. The van der Waals surface area contributed by atoms with Gasteiger partial charge in [-0.15, -0.1) is 0 Å². The molecule has 0 heterocycles. The Bertz CT molecular complexity index is 119. The van der Waals surface area contributed by atoms with Crippen LogP contribution < -0.4 is 5.32 Å². The number of nitrogens with one attached hydrogen (secondary N) is 1. The first-order valence-corrected chi connectivity index (χ1v) is 4.97. The van der Waals surface area contributed by atoms with Gasteiger partial charge in [-0.05, 0) is 12.8 Å². The summed E-state index contributed by atoms with van der Waals surface area (Å²) >= 11 is 1.83. The Morgan fingerprint density at radius 3 is 2.27 bits per heavy atom. The van der Waals surface area contributed by atoms with Crippen molar-refractivity contribution in [2.75, 3.05) is 14.1 Å². The van der Waals surface area contributed by atoms with Crippen molar-refractivity contribution < 1.29 is 0 Å². The van der Waals surface area contributed by atoms with Gasteiger partial charge in [0.05, 0.1) is 0 Å². The van der Waals surface area contributed by atoms with Crippen LogP contribution in [0.5, 0.6) is 0 Å². The maximum Gasteiger partial charge on any atom is 0.156 e. The van der Waals surface area contributed by atoms with Gasteiger partial charge in [0.15, 0.2) is 5.17 Å². The van der Waals surface area contributed by atoms with Crippen LogP contribution in [-0.2, 0) is 0 Å². The van der Waals surface area contributed by atoms with Gasteiger partial charge in [0.2, 0.25) is 0 Å². The maximum absolute atomic E-state index is 4.11. The minimum Gasteiger partial charge on any atom is -0.368 e. The average Bonchev–Trinajstić information content (AvgIpc) is 2.07. The monoisotopic (exact) mass is 174 g/mol. The third-order valence-electron chi connectivity index (χ3n) is 1.61. The summed E-state index contributed by atoms with van der Waals surface area (Å²) in [4.78, 5) is 4.11. The molecule has 0 aromatic heterocycles. The van der Waals surface area contributed by atoms with Gasteiger partial charge in [-0.1, -0.05) is 25.6 Å². The first-order chi connectivity index (χ1) is 5.28. The standard InChI is InChI=1S/C8H18N2S/c1-5-7(6-2)11-8(9-3)10-4/h7H,5-6H2,1-4H3,(H,9,10). The minimum absolute atomic E-state index is 0.709. The quantitative estimate of drug-likeness (QED) is 0.523. The van der Waals surface area contributed by atoms with Crippen LogP contribution in [0.3, 0.4) is 0 Å². The SMILES string of the molecule is CCC(CC)SC(=NC)NC. The van der Waals surface area contributed by atoms with Gasteiger partial charge in [0, 0.05) is 19.3 Å². The Kier molecular flexibility index (Phi) is 6.42. The van der Waals surface area contributed by atoms with Gasteiger partial charge in [0.1, 0.15) is 0 Å². The topological polar surface area (TPSA) is 24.4 Å². The van der Waals surface area contributed by atoms with E-state index in [2.05, 4.69) is 24.2 Å². The Balaban J connectivity index is 3.78. The van der Waals surface area contributed by atoms with E-state index >= 15 is 0 Å². The lowest BCUT2D eigenvalue weighted by Gasteiger charge is -2.12. The van der Waals surface area contributed by atoms with Crippen molar-refractivity contribution in [3.8, 4) is 0 Å². The molecule has 0 saturated carbocycles. The van der Waals surface area contributed by atoms with Crippen molar-refractivity contribution in [2.45, 2.75) is 31.9 Å². The van der Waals surface area contributed by atoms with Crippen LogP contribution >= 0.6 is 11.8 Å². The molecule has 0 saturated heterocycles. The van der Waals surface area contributed by atoms with Crippen molar-refractivity contribution in [1.29, 1.82) is 0 Å². The number of hydrogen-bond acceptors (Lipinski definition) is 2. The molecule has 0 aromatic carbocycles. The normalized spacial score (nSPS) is 12.3. The Morgan fingerprint density at radius 1 is 1.45 bits per heavy atom. The van der Waals surface area contributed by atoms with Crippen LogP contribution in [0.25, 0.3) is 0 Å². The largest absolute Gasteiger partial charge is 0.368 e. The number of nitrogens with zero attached hydrogens (tertiary/aromatic N) is 1. The van der Waals surface area contributed by atoms with Crippen LogP contribution in [0.4, 0.5) is 0 Å². The Labute approximate surface area is 73.9 Å². The maximum atomic E-state index is 4.11. The predicted molar refractivity (Wildman–Crippen MR) is 54.4 cm³/mol. The van der Waals surface area contributed by atoms with Gasteiger partial charge in [0.25, 0.3) is 0 Å². The molecule has 0 aliphatic rings. The van der Waals surface area contributed by atoms with E-state index in [-0.39, 0.29) is 0 Å². The third-order valence-corrected chi connectivity index (χ3v) is 3.22. The van der Waals surface area contributed by atoms with E-state index in [1.165, 1.54) is 12.8 Å². The van der Waals surface area contributed by atoms with Gasteiger partial charge in [-0.3, -0.25) is 4.99 Å². The van der Waals surface area contributed by atoms with Crippen molar-refractivity contribution in [2.24, 2.45) is 4.99 Å². The average molecular weight is 174 g/mol. The van der Waals surface area contributed by atoms with Crippen molar-refractivity contribution in [3.05, 3.63) is 0 Å². The molecule has 66 valence electrons. The molecule has 2 nitrogen and oxygen atoms in total. The molecular formula is C8H18N2S. The summed E-state index contributed by atoms with van der Waals surface area (Å²) in [5.74, 6) is 0. The molecule has 0 aliphatic carbocycles. The molecule has 0 amide bonds. The Morgan fingerprint density at radius 2 is 2.00 bits per heavy atom. The van der Waals surface area contributed by atoms with Crippen LogP contribution in [0.15, 0.2) is 4.99 Å². The zero-order valence-electron chi connectivity index (χ0n) is 7.85. The lowest BCUT2D eigenvalue weighted by molar-refractivity contribution is 0.795. The molecular weight excluding hydrogens is 156 g/mol. The fourth-order valence-electron chi connectivity index (χ4n) is 0.837. The lowest BCUT2D eigenvalue weighted by Crippen LogP contribution is -2.17. The summed E-state index contributed by atoms with van der Waals surface area (Å²) in [6, 6.07) is 0. The number of hydrogen-bond donors (Lipinski definition) is 1. The highest BCUT2D eigenvalue weighted by Gasteiger charge is 2.06. The summed E-state index contributed by atoms with van der Waals surface area (Å²) in [6.45, 7) is 4.42. The second-order valence-corrected chi connectivity index (χ2v) is 3.62. The van der Waals surface area contributed by atoms with E-state index in [1.807, 2.05) is 25.9 Å². The van der Waals surface area contributed by atoms with E-state index in [0.29, 0.717) is 5.25 Å². The highest BCUT2D eigenvalue weighted by atomic mass is 32.2. The van der Waals surface area contributed by atoms with E-state index in [4.69, 9.17) is 0 Å². The predicted octanol–water partition coefficient (Wildman–Crippen LogP) is 2.11. The van der Waals surface area contributed by atoms with Crippen LogP contribution in [-0.4, -0.2) is 24.5 Å². The molecule has 0 spiro atoms. The third kappa shape index (κ3) is 4.30. The smallest absolute Gasteiger partial charge is 0.156 e. The number of rotatable bonds is 3. The minimum atomic E-state index is 0.709. The first kappa shape index (κ1) is 10.8. The van der Waals surface area contributed by atoms with Crippen molar-refractivity contribution >= 4 is 16.9 Å². The highest BCUT2D eigenvalue weighted by Crippen LogP contribution is 2.17. The van der Waals surface area contributed by atoms with Crippen LogP contribution in [0.2, 0.25) is 0 Å². The Hall–Kier alpha value is -0.180. The molecule has 1 N–H and O–H groups in total. The molecule has 0 aromatic rings. The number of aliphatic imine (C=N–C) groups is 1. The lowest BCUT2D eigenvalue weighted by atomic mass is 10.3. The molecule has 0 atom stereocenters. The molecule has 0 rings (SSSR count). The van der Waals surface area contributed by atoms with E-state index in [9.17, 15) is 0 Å². The van der Waals surface area contributed by atoms with E-state index in [0.717, 1.165) is 5.17 Å². The van der Waals surface area contributed by atoms with E-state index in [1.54, 1.807) is 0 Å². The summed E-state index contributed by atoms with van der Waals surface area (Å²) in [5.41, 5.74) is 0. The summed E-state index contributed by atoms with van der Waals surface area (Å²) in [6.07, 6.45) is 2.42. The fraction of sp³-hybridized carbons (Fsp3) is 0.875. The van der Waals surface area contributed by atoms with Crippen LogP contribution in [0, 0.1) is 0 Å². The van der Waals surface area contributed by atoms with Gasteiger partial charge >= 0.3 is 0 Å². The summed E-state index contributed by atoms with van der Waals surface area (Å²) < 4.78 is 0. The van der Waals surface area contributed by atoms with Crippen molar-refractivity contribution in [1.82, 2.24) is 5.32 Å². The van der Waals surface area contributed by atoms with Gasteiger partial charge in [-0.2, -0.15) is 0 Å². The molecule has 3 heteroatoms. The van der Waals surface area contributed by atoms with Crippen molar-refractivity contribution in [3.63, 3.8) is 0 Å². The zero-order valence-corrected chi connectivity index (χ0v) is 8.66. The second kappa shape index (κ2) is 6.53. The number of thioether (sulfide) groups is 1.